The lowest BCUT2D eigenvalue weighted by Gasteiger charge is -2.41. The van der Waals surface area contributed by atoms with Gasteiger partial charge in [0.1, 0.15) is 5.82 Å². The smallest absolute Gasteiger partial charge is 0.226 e. The predicted molar refractivity (Wildman–Crippen MR) is 73.7 cm³/mol. The van der Waals surface area contributed by atoms with Gasteiger partial charge in [-0.25, -0.2) is 4.98 Å². The molecule has 19 heavy (non-hydrogen) atoms. The molecule has 3 atom stereocenters. The average molecular weight is 261 g/mol. The molecule has 2 aliphatic rings. The largest absolute Gasteiger partial charge is 0.337 e. The SMILES string of the molecule is CC1CCCC(C)N1C(=O)C1CCn2ccnc2C1. The number of rotatable bonds is 1. The van der Waals surface area contributed by atoms with Crippen LogP contribution in [0.3, 0.4) is 0 Å². The molecule has 2 aliphatic heterocycles. The molecule has 0 radical (unpaired) electrons. The summed E-state index contributed by atoms with van der Waals surface area (Å²) in [5, 5.41) is 0. The Morgan fingerprint density at radius 3 is 2.74 bits per heavy atom. The zero-order valence-electron chi connectivity index (χ0n) is 11.9. The first kappa shape index (κ1) is 12.7. The summed E-state index contributed by atoms with van der Waals surface area (Å²) in [5.41, 5.74) is 0. The molecule has 4 heteroatoms. The number of nitrogens with zero attached hydrogens (tertiary/aromatic N) is 3. The van der Waals surface area contributed by atoms with Crippen LogP contribution in [0.25, 0.3) is 0 Å². The van der Waals surface area contributed by atoms with E-state index in [0.29, 0.717) is 18.0 Å². The fraction of sp³-hybridized carbons (Fsp3) is 0.733. The predicted octanol–water partition coefficient (Wildman–Crippen LogP) is 2.24. The highest BCUT2D eigenvalue weighted by Crippen LogP contribution is 2.28. The van der Waals surface area contributed by atoms with Gasteiger partial charge in [0.25, 0.3) is 0 Å². The van der Waals surface area contributed by atoms with Crippen LogP contribution in [-0.2, 0) is 17.8 Å². The van der Waals surface area contributed by atoms with Gasteiger partial charge >= 0.3 is 0 Å². The van der Waals surface area contributed by atoms with Gasteiger partial charge in [-0.15, -0.1) is 0 Å². The van der Waals surface area contributed by atoms with Crippen molar-refractivity contribution in [1.82, 2.24) is 14.5 Å². The van der Waals surface area contributed by atoms with E-state index in [1.165, 1.54) is 6.42 Å². The van der Waals surface area contributed by atoms with Gasteiger partial charge in [-0.3, -0.25) is 4.79 Å². The highest BCUT2D eigenvalue weighted by atomic mass is 16.2. The Labute approximate surface area is 114 Å². The quantitative estimate of drug-likeness (QED) is 0.777. The Kier molecular flexibility index (Phi) is 3.33. The highest BCUT2D eigenvalue weighted by Gasteiger charge is 2.35. The lowest BCUT2D eigenvalue weighted by molar-refractivity contribution is -0.142. The van der Waals surface area contributed by atoms with Crippen LogP contribution in [0, 0.1) is 5.92 Å². The second kappa shape index (κ2) is 4.99. The molecule has 0 saturated carbocycles. The normalized spacial score (nSPS) is 31.1. The molecule has 1 amide bonds. The fourth-order valence-electron chi connectivity index (χ4n) is 3.63. The van der Waals surface area contributed by atoms with Crippen molar-refractivity contribution < 1.29 is 4.79 Å². The molecule has 3 rings (SSSR count). The Balaban J connectivity index is 1.74. The second-order valence-electron chi connectivity index (χ2n) is 6.10. The van der Waals surface area contributed by atoms with Crippen LogP contribution in [0.5, 0.6) is 0 Å². The molecule has 4 nitrogen and oxygen atoms in total. The van der Waals surface area contributed by atoms with Gasteiger partial charge in [0.05, 0.1) is 0 Å². The van der Waals surface area contributed by atoms with Crippen molar-refractivity contribution in [2.45, 2.75) is 64.6 Å². The minimum absolute atomic E-state index is 0.137. The van der Waals surface area contributed by atoms with E-state index in [4.69, 9.17) is 0 Å². The number of likely N-dealkylation sites (tertiary alicyclic amines) is 1. The number of imidazole rings is 1. The molecule has 3 unspecified atom stereocenters. The van der Waals surface area contributed by atoms with Crippen molar-refractivity contribution in [3.05, 3.63) is 18.2 Å². The number of carbonyl (C=O) groups excluding carboxylic acids is 1. The topological polar surface area (TPSA) is 38.1 Å². The Hall–Kier alpha value is -1.32. The van der Waals surface area contributed by atoms with Crippen LogP contribution in [0.1, 0.15) is 45.4 Å². The Bertz CT molecular complexity index is 458. The molecule has 0 aliphatic carbocycles. The zero-order valence-corrected chi connectivity index (χ0v) is 11.9. The maximum Gasteiger partial charge on any atom is 0.226 e. The molecule has 3 heterocycles. The van der Waals surface area contributed by atoms with Crippen molar-refractivity contribution in [1.29, 1.82) is 0 Å². The van der Waals surface area contributed by atoms with E-state index in [1.807, 2.05) is 12.4 Å². The van der Waals surface area contributed by atoms with Gasteiger partial charge < -0.3 is 9.47 Å². The Morgan fingerprint density at radius 2 is 2.00 bits per heavy atom. The zero-order chi connectivity index (χ0) is 13.4. The third-order valence-electron chi connectivity index (χ3n) is 4.75. The second-order valence-corrected chi connectivity index (χ2v) is 6.10. The van der Waals surface area contributed by atoms with Crippen LogP contribution in [0.15, 0.2) is 12.4 Å². The minimum atomic E-state index is 0.137. The van der Waals surface area contributed by atoms with Gasteiger partial charge in [-0.2, -0.15) is 0 Å². The molecule has 0 bridgehead atoms. The molecule has 1 aromatic heterocycles. The summed E-state index contributed by atoms with van der Waals surface area (Å²) in [5.74, 6) is 1.56. The summed E-state index contributed by atoms with van der Waals surface area (Å²) >= 11 is 0. The molecular weight excluding hydrogens is 238 g/mol. The number of aromatic nitrogens is 2. The van der Waals surface area contributed by atoms with E-state index in [-0.39, 0.29) is 5.92 Å². The van der Waals surface area contributed by atoms with Crippen molar-refractivity contribution in [3.8, 4) is 0 Å². The van der Waals surface area contributed by atoms with Gasteiger partial charge in [-0.05, 0) is 39.5 Å². The molecule has 1 saturated heterocycles. The Morgan fingerprint density at radius 1 is 1.26 bits per heavy atom. The number of hydrogen-bond acceptors (Lipinski definition) is 2. The lowest BCUT2D eigenvalue weighted by atomic mass is 9.91. The first-order valence-corrected chi connectivity index (χ1v) is 7.49. The number of hydrogen-bond donors (Lipinski definition) is 0. The third-order valence-corrected chi connectivity index (χ3v) is 4.75. The molecule has 104 valence electrons. The van der Waals surface area contributed by atoms with E-state index in [1.54, 1.807) is 0 Å². The standard InChI is InChI=1S/C15H23N3O/c1-11-4-3-5-12(2)18(11)15(19)13-6-8-17-9-7-16-14(17)10-13/h7,9,11-13H,3-6,8,10H2,1-2H3. The molecule has 0 N–H and O–H groups in total. The fourth-order valence-corrected chi connectivity index (χ4v) is 3.63. The van der Waals surface area contributed by atoms with Crippen LogP contribution in [0.4, 0.5) is 0 Å². The van der Waals surface area contributed by atoms with E-state index in [9.17, 15) is 4.79 Å². The third kappa shape index (κ3) is 2.28. The molecule has 1 fully saturated rings. The van der Waals surface area contributed by atoms with Crippen LogP contribution < -0.4 is 0 Å². The van der Waals surface area contributed by atoms with Crippen molar-refractivity contribution in [2.24, 2.45) is 5.92 Å². The maximum atomic E-state index is 12.8. The van der Waals surface area contributed by atoms with E-state index < -0.39 is 0 Å². The minimum Gasteiger partial charge on any atom is -0.337 e. The van der Waals surface area contributed by atoms with Crippen LogP contribution >= 0.6 is 0 Å². The summed E-state index contributed by atoms with van der Waals surface area (Å²) in [6.45, 7) is 5.32. The summed E-state index contributed by atoms with van der Waals surface area (Å²) in [6, 6.07) is 0.802. The summed E-state index contributed by atoms with van der Waals surface area (Å²) in [4.78, 5) is 19.3. The van der Waals surface area contributed by atoms with Gasteiger partial charge in [0, 0.05) is 43.4 Å². The number of amides is 1. The summed E-state index contributed by atoms with van der Waals surface area (Å²) < 4.78 is 2.17. The van der Waals surface area contributed by atoms with Gasteiger partial charge in [0.2, 0.25) is 5.91 Å². The van der Waals surface area contributed by atoms with Gasteiger partial charge in [-0.1, -0.05) is 0 Å². The summed E-state index contributed by atoms with van der Waals surface area (Å²) in [7, 11) is 0. The first-order valence-electron chi connectivity index (χ1n) is 7.49. The monoisotopic (exact) mass is 261 g/mol. The number of piperidine rings is 1. The molecular formula is C15H23N3O. The molecule has 0 spiro atoms. The van der Waals surface area contributed by atoms with Crippen LogP contribution in [-0.4, -0.2) is 32.4 Å². The van der Waals surface area contributed by atoms with Gasteiger partial charge in [0.15, 0.2) is 0 Å². The number of aryl methyl sites for hydroxylation is 1. The van der Waals surface area contributed by atoms with Crippen LogP contribution in [0.2, 0.25) is 0 Å². The van der Waals surface area contributed by atoms with Crippen molar-refractivity contribution in [2.75, 3.05) is 0 Å². The molecule has 0 aromatic carbocycles. The average Bonchev–Trinajstić information content (AvgIpc) is 2.85. The number of fused-ring (bicyclic) bond motifs is 1. The van der Waals surface area contributed by atoms with Crippen molar-refractivity contribution in [3.63, 3.8) is 0 Å². The lowest BCUT2D eigenvalue weighted by Crippen LogP contribution is -2.50. The van der Waals surface area contributed by atoms with E-state index in [0.717, 1.165) is 38.1 Å². The maximum absolute atomic E-state index is 12.8. The molecule has 1 aromatic rings. The first-order chi connectivity index (χ1) is 9.16. The van der Waals surface area contributed by atoms with E-state index >= 15 is 0 Å². The number of carbonyl (C=O) groups is 1. The van der Waals surface area contributed by atoms with E-state index in [2.05, 4.69) is 28.3 Å². The highest BCUT2D eigenvalue weighted by molar-refractivity contribution is 5.80. The summed E-state index contributed by atoms with van der Waals surface area (Å²) in [6.07, 6.45) is 9.17. The van der Waals surface area contributed by atoms with Crippen molar-refractivity contribution >= 4 is 5.91 Å².